The summed E-state index contributed by atoms with van der Waals surface area (Å²) in [5, 5.41) is 2.64. The number of nitrogen functional groups attached to an aromatic ring is 1. The fraction of sp³-hybridized carbons (Fsp3) is 0.125. The monoisotopic (exact) mass is 210 g/mol. The van der Waals surface area contributed by atoms with Crippen LogP contribution in [0.3, 0.4) is 0 Å². The minimum atomic E-state index is -0.450. The summed E-state index contributed by atoms with van der Waals surface area (Å²) in [6, 6.07) is 0. The van der Waals surface area contributed by atoms with Crippen molar-refractivity contribution < 1.29 is 4.39 Å². The van der Waals surface area contributed by atoms with Gasteiger partial charge in [-0.1, -0.05) is 0 Å². The SMILES string of the molecule is Nc1ncc(F)c(Cc2nccs2)n1. The number of hydrogen-bond acceptors (Lipinski definition) is 5. The van der Waals surface area contributed by atoms with Crippen molar-refractivity contribution in [3.63, 3.8) is 0 Å². The fourth-order valence-electron chi connectivity index (χ4n) is 1.03. The average molecular weight is 210 g/mol. The summed E-state index contributed by atoms with van der Waals surface area (Å²) >= 11 is 1.45. The largest absolute Gasteiger partial charge is 0.368 e. The normalized spacial score (nSPS) is 10.4. The Balaban J connectivity index is 2.28. The number of nitrogens with zero attached hydrogens (tertiary/aromatic N) is 3. The van der Waals surface area contributed by atoms with Crippen LogP contribution in [-0.4, -0.2) is 15.0 Å². The van der Waals surface area contributed by atoms with Gasteiger partial charge >= 0.3 is 0 Å². The molecule has 2 rings (SSSR count). The highest BCUT2D eigenvalue weighted by molar-refractivity contribution is 7.09. The maximum atomic E-state index is 13.2. The standard InChI is InChI=1S/C8H7FN4S/c9-5-4-12-8(10)13-6(5)3-7-11-1-2-14-7/h1-2,4H,3H2,(H2,10,12,13). The quantitative estimate of drug-likeness (QED) is 0.810. The zero-order valence-electron chi connectivity index (χ0n) is 7.14. The van der Waals surface area contributed by atoms with E-state index < -0.39 is 5.82 Å². The third kappa shape index (κ3) is 1.85. The molecule has 6 heteroatoms. The maximum absolute atomic E-state index is 13.2. The molecular formula is C8H7FN4S. The van der Waals surface area contributed by atoms with E-state index in [1.165, 1.54) is 11.3 Å². The molecule has 0 aliphatic rings. The van der Waals surface area contributed by atoms with Gasteiger partial charge in [0.05, 0.1) is 16.9 Å². The van der Waals surface area contributed by atoms with E-state index in [4.69, 9.17) is 5.73 Å². The van der Waals surface area contributed by atoms with Crippen molar-refractivity contribution in [3.8, 4) is 0 Å². The Hall–Kier alpha value is -1.56. The summed E-state index contributed by atoms with van der Waals surface area (Å²) in [5.41, 5.74) is 5.64. The van der Waals surface area contributed by atoms with Crippen LogP contribution in [0.5, 0.6) is 0 Å². The van der Waals surface area contributed by atoms with Crippen molar-refractivity contribution in [3.05, 3.63) is 34.3 Å². The Bertz CT molecular complexity index is 429. The third-order valence-electron chi connectivity index (χ3n) is 1.64. The molecule has 0 amide bonds. The first-order valence-corrected chi connectivity index (χ1v) is 4.79. The number of aromatic nitrogens is 3. The summed E-state index contributed by atoms with van der Waals surface area (Å²) in [6.45, 7) is 0. The molecule has 0 fully saturated rings. The molecule has 0 atom stereocenters. The Morgan fingerprint density at radius 2 is 2.29 bits per heavy atom. The molecule has 0 unspecified atom stereocenters. The molecule has 0 bridgehead atoms. The topological polar surface area (TPSA) is 64.7 Å². The lowest BCUT2D eigenvalue weighted by atomic mass is 10.3. The van der Waals surface area contributed by atoms with Crippen molar-refractivity contribution in [1.82, 2.24) is 15.0 Å². The minimum absolute atomic E-state index is 0.0814. The molecular weight excluding hydrogens is 203 g/mol. The molecule has 0 aliphatic heterocycles. The fourth-order valence-corrected chi connectivity index (χ4v) is 1.65. The van der Waals surface area contributed by atoms with Crippen molar-refractivity contribution in [2.24, 2.45) is 0 Å². The van der Waals surface area contributed by atoms with E-state index in [1.54, 1.807) is 6.20 Å². The predicted octanol–water partition coefficient (Wildman–Crippen LogP) is 1.25. The van der Waals surface area contributed by atoms with E-state index in [2.05, 4.69) is 15.0 Å². The van der Waals surface area contributed by atoms with Crippen molar-refractivity contribution in [2.75, 3.05) is 5.73 Å². The second kappa shape index (κ2) is 3.67. The maximum Gasteiger partial charge on any atom is 0.220 e. The van der Waals surface area contributed by atoms with Crippen LogP contribution in [0.15, 0.2) is 17.8 Å². The number of rotatable bonds is 2. The molecule has 2 aromatic heterocycles. The lowest BCUT2D eigenvalue weighted by Gasteiger charge is -1.99. The molecule has 0 aliphatic carbocycles. The van der Waals surface area contributed by atoms with E-state index >= 15 is 0 Å². The lowest BCUT2D eigenvalue weighted by molar-refractivity contribution is 0.597. The Morgan fingerprint density at radius 1 is 1.43 bits per heavy atom. The lowest BCUT2D eigenvalue weighted by Crippen LogP contribution is -2.02. The number of thiazole rings is 1. The zero-order chi connectivity index (χ0) is 9.97. The smallest absolute Gasteiger partial charge is 0.220 e. The van der Waals surface area contributed by atoms with Crippen LogP contribution in [-0.2, 0) is 6.42 Å². The highest BCUT2D eigenvalue weighted by Gasteiger charge is 2.07. The molecule has 14 heavy (non-hydrogen) atoms. The molecule has 0 saturated carbocycles. The summed E-state index contributed by atoms with van der Waals surface area (Å²) in [5.74, 6) is -0.368. The summed E-state index contributed by atoms with van der Waals surface area (Å²) < 4.78 is 13.2. The number of nitrogens with two attached hydrogens (primary N) is 1. The zero-order valence-corrected chi connectivity index (χ0v) is 7.96. The van der Waals surface area contributed by atoms with E-state index in [1.807, 2.05) is 5.38 Å². The first kappa shape index (κ1) is 9.01. The van der Waals surface area contributed by atoms with Crippen LogP contribution in [0.2, 0.25) is 0 Å². The third-order valence-corrected chi connectivity index (χ3v) is 2.42. The highest BCUT2D eigenvalue weighted by atomic mass is 32.1. The van der Waals surface area contributed by atoms with Gasteiger partial charge in [0.2, 0.25) is 5.95 Å². The molecule has 0 aromatic carbocycles. The summed E-state index contributed by atoms with van der Waals surface area (Å²) in [4.78, 5) is 11.4. The molecule has 4 nitrogen and oxygen atoms in total. The molecule has 72 valence electrons. The van der Waals surface area contributed by atoms with Gasteiger partial charge in [0, 0.05) is 18.0 Å². The van der Waals surface area contributed by atoms with Gasteiger partial charge in [-0.3, -0.25) is 0 Å². The molecule has 0 saturated heterocycles. The number of anilines is 1. The Kier molecular flexibility index (Phi) is 2.36. The van der Waals surface area contributed by atoms with Gasteiger partial charge in [-0.05, 0) is 0 Å². The van der Waals surface area contributed by atoms with Crippen LogP contribution in [0.25, 0.3) is 0 Å². The van der Waals surface area contributed by atoms with Gasteiger partial charge in [-0.25, -0.2) is 19.3 Å². The highest BCUT2D eigenvalue weighted by Crippen LogP contribution is 2.12. The summed E-state index contributed by atoms with van der Waals surface area (Å²) in [6.07, 6.45) is 3.10. The number of halogens is 1. The second-order valence-electron chi connectivity index (χ2n) is 2.63. The second-order valence-corrected chi connectivity index (χ2v) is 3.60. The number of hydrogen-bond donors (Lipinski definition) is 1. The van der Waals surface area contributed by atoms with Gasteiger partial charge in [-0.15, -0.1) is 11.3 Å². The first-order valence-electron chi connectivity index (χ1n) is 3.91. The van der Waals surface area contributed by atoms with E-state index in [0.717, 1.165) is 11.2 Å². The van der Waals surface area contributed by atoms with Crippen LogP contribution < -0.4 is 5.73 Å². The average Bonchev–Trinajstić information content (AvgIpc) is 2.64. The molecule has 0 radical (unpaired) electrons. The van der Waals surface area contributed by atoms with Crippen molar-refractivity contribution in [1.29, 1.82) is 0 Å². The molecule has 2 aromatic rings. The first-order chi connectivity index (χ1) is 6.75. The van der Waals surface area contributed by atoms with Crippen LogP contribution >= 0.6 is 11.3 Å². The van der Waals surface area contributed by atoms with E-state index in [9.17, 15) is 4.39 Å². The van der Waals surface area contributed by atoms with Gasteiger partial charge in [0.1, 0.15) is 0 Å². The van der Waals surface area contributed by atoms with E-state index in [0.29, 0.717) is 6.42 Å². The van der Waals surface area contributed by atoms with Gasteiger partial charge < -0.3 is 5.73 Å². The van der Waals surface area contributed by atoms with Crippen molar-refractivity contribution >= 4 is 17.3 Å². The van der Waals surface area contributed by atoms with Gasteiger partial charge in [-0.2, -0.15) is 0 Å². The van der Waals surface area contributed by atoms with E-state index in [-0.39, 0.29) is 11.6 Å². The minimum Gasteiger partial charge on any atom is -0.368 e. The Labute approximate surface area is 83.7 Å². The molecule has 2 N–H and O–H groups in total. The Morgan fingerprint density at radius 3 is 3.00 bits per heavy atom. The van der Waals surface area contributed by atoms with Gasteiger partial charge in [0.25, 0.3) is 0 Å². The van der Waals surface area contributed by atoms with Crippen molar-refractivity contribution in [2.45, 2.75) is 6.42 Å². The molecule has 2 heterocycles. The van der Waals surface area contributed by atoms with Crippen LogP contribution in [0.4, 0.5) is 10.3 Å². The summed E-state index contributed by atoms with van der Waals surface area (Å²) in [7, 11) is 0. The van der Waals surface area contributed by atoms with Crippen LogP contribution in [0.1, 0.15) is 10.7 Å². The van der Waals surface area contributed by atoms with Crippen LogP contribution in [0, 0.1) is 5.82 Å². The predicted molar refractivity (Wildman–Crippen MR) is 51.3 cm³/mol. The molecule has 0 spiro atoms. The van der Waals surface area contributed by atoms with Gasteiger partial charge in [0.15, 0.2) is 5.82 Å².